The lowest BCUT2D eigenvalue weighted by atomic mass is 9.77. The third-order valence-electron chi connectivity index (χ3n) is 5.51. The quantitative estimate of drug-likeness (QED) is 0.812. The van der Waals surface area contributed by atoms with Crippen LogP contribution in [0.1, 0.15) is 65.2 Å². The van der Waals surface area contributed by atoms with Crippen LogP contribution in [0.15, 0.2) is 0 Å². The Bertz CT molecular complexity index is 310. The summed E-state index contributed by atoms with van der Waals surface area (Å²) in [6, 6.07) is 0. The van der Waals surface area contributed by atoms with Gasteiger partial charge in [0.15, 0.2) is 0 Å². The zero-order valence-corrected chi connectivity index (χ0v) is 13.3. The van der Waals surface area contributed by atoms with Crippen LogP contribution in [0, 0.1) is 17.3 Å². The first-order valence-corrected chi connectivity index (χ1v) is 8.65. The molecule has 0 bridgehead atoms. The van der Waals surface area contributed by atoms with E-state index in [1.807, 2.05) is 0 Å². The highest BCUT2D eigenvalue weighted by Gasteiger charge is 2.37. The summed E-state index contributed by atoms with van der Waals surface area (Å²) in [5, 5.41) is 6.62. The van der Waals surface area contributed by atoms with E-state index in [-0.39, 0.29) is 11.3 Å². The highest BCUT2D eigenvalue weighted by molar-refractivity contribution is 5.83. The normalized spacial score (nSPS) is 34.7. The van der Waals surface area contributed by atoms with E-state index in [0.717, 1.165) is 50.7 Å². The molecule has 2 N–H and O–H groups in total. The summed E-state index contributed by atoms with van der Waals surface area (Å²) in [7, 11) is 0. The molecule has 3 nitrogen and oxygen atoms in total. The van der Waals surface area contributed by atoms with Gasteiger partial charge in [-0.15, -0.1) is 0 Å². The third kappa shape index (κ3) is 3.97. The second-order valence-electron chi connectivity index (χ2n) is 7.10. The van der Waals surface area contributed by atoms with Crippen molar-refractivity contribution in [3.8, 4) is 0 Å². The highest BCUT2D eigenvalue weighted by Crippen LogP contribution is 2.32. The molecule has 2 aliphatic rings. The Morgan fingerprint density at radius 1 is 1.35 bits per heavy atom. The molecule has 0 aromatic heterocycles. The molecular formula is C17H32N2O. The van der Waals surface area contributed by atoms with Crippen LogP contribution in [-0.4, -0.2) is 25.5 Å². The Kier molecular flexibility index (Phi) is 5.88. The fourth-order valence-corrected chi connectivity index (χ4v) is 4.02. The van der Waals surface area contributed by atoms with Crippen LogP contribution >= 0.6 is 0 Å². The van der Waals surface area contributed by atoms with E-state index in [9.17, 15) is 4.79 Å². The topological polar surface area (TPSA) is 41.1 Å². The van der Waals surface area contributed by atoms with Crippen molar-refractivity contribution < 1.29 is 4.79 Å². The van der Waals surface area contributed by atoms with Crippen molar-refractivity contribution in [2.24, 2.45) is 17.3 Å². The van der Waals surface area contributed by atoms with Gasteiger partial charge >= 0.3 is 0 Å². The SMILES string of the molecule is CCC1(C(=O)NCCC2CCCC(C)C2)CCCNC1. The largest absolute Gasteiger partial charge is 0.356 e. The third-order valence-corrected chi connectivity index (χ3v) is 5.51. The standard InChI is InChI=1S/C17H32N2O/c1-3-17(9-5-10-18-13-17)16(20)19-11-8-15-7-4-6-14(2)12-15/h14-15,18H,3-13H2,1-2H3,(H,19,20). The van der Waals surface area contributed by atoms with E-state index in [2.05, 4.69) is 24.5 Å². The van der Waals surface area contributed by atoms with Crippen molar-refractivity contribution in [3.63, 3.8) is 0 Å². The molecule has 1 heterocycles. The molecule has 2 fully saturated rings. The minimum absolute atomic E-state index is 0.141. The Labute approximate surface area is 124 Å². The number of piperidine rings is 1. The average Bonchev–Trinajstić information content (AvgIpc) is 2.48. The van der Waals surface area contributed by atoms with Gasteiger partial charge < -0.3 is 10.6 Å². The van der Waals surface area contributed by atoms with Crippen molar-refractivity contribution in [1.82, 2.24) is 10.6 Å². The lowest BCUT2D eigenvalue weighted by Gasteiger charge is -2.35. The Morgan fingerprint density at radius 2 is 2.20 bits per heavy atom. The number of amides is 1. The second-order valence-corrected chi connectivity index (χ2v) is 7.10. The van der Waals surface area contributed by atoms with Crippen molar-refractivity contribution in [2.45, 2.75) is 65.2 Å². The Morgan fingerprint density at radius 3 is 2.85 bits per heavy atom. The first-order valence-electron chi connectivity index (χ1n) is 8.65. The van der Waals surface area contributed by atoms with E-state index >= 15 is 0 Å². The maximum absolute atomic E-state index is 12.5. The molecule has 0 spiro atoms. The molecule has 1 amide bonds. The molecule has 0 radical (unpaired) electrons. The fourth-order valence-electron chi connectivity index (χ4n) is 4.02. The van der Waals surface area contributed by atoms with Crippen molar-refractivity contribution >= 4 is 5.91 Å². The van der Waals surface area contributed by atoms with Crippen molar-refractivity contribution in [3.05, 3.63) is 0 Å². The second kappa shape index (κ2) is 7.44. The van der Waals surface area contributed by atoms with Crippen LogP contribution in [0.25, 0.3) is 0 Å². The molecule has 0 aromatic carbocycles. The smallest absolute Gasteiger partial charge is 0.227 e. The number of carbonyl (C=O) groups is 1. The van der Waals surface area contributed by atoms with Gasteiger partial charge in [0.25, 0.3) is 0 Å². The van der Waals surface area contributed by atoms with Gasteiger partial charge in [0.2, 0.25) is 5.91 Å². The zero-order valence-electron chi connectivity index (χ0n) is 13.3. The molecule has 2 rings (SSSR count). The molecule has 116 valence electrons. The number of nitrogens with one attached hydrogen (secondary N) is 2. The lowest BCUT2D eigenvalue weighted by molar-refractivity contribution is -0.132. The summed E-state index contributed by atoms with van der Waals surface area (Å²) in [5.41, 5.74) is -0.141. The molecule has 20 heavy (non-hydrogen) atoms. The number of carbonyl (C=O) groups excluding carboxylic acids is 1. The molecule has 1 aliphatic carbocycles. The molecule has 3 unspecified atom stereocenters. The monoisotopic (exact) mass is 280 g/mol. The molecule has 1 aliphatic heterocycles. The number of rotatable bonds is 5. The minimum atomic E-state index is -0.141. The van der Waals surface area contributed by atoms with Gasteiger partial charge in [0.1, 0.15) is 0 Å². The van der Waals surface area contributed by atoms with Gasteiger partial charge in [-0.3, -0.25) is 4.79 Å². The lowest BCUT2D eigenvalue weighted by Crippen LogP contribution is -2.50. The van der Waals surface area contributed by atoms with Crippen molar-refractivity contribution in [1.29, 1.82) is 0 Å². The van der Waals surface area contributed by atoms with Crippen LogP contribution in [0.4, 0.5) is 0 Å². The van der Waals surface area contributed by atoms with Crippen molar-refractivity contribution in [2.75, 3.05) is 19.6 Å². The van der Waals surface area contributed by atoms with Gasteiger partial charge in [-0.2, -0.15) is 0 Å². The fraction of sp³-hybridized carbons (Fsp3) is 0.941. The molecule has 3 heteroatoms. The van der Waals surface area contributed by atoms with Crippen LogP contribution in [-0.2, 0) is 4.79 Å². The number of hydrogen-bond donors (Lipinski definition) is 2. The summed E-state index contributed by atoms with van der Waals surface area (Å²) in [6.45, 7) is 7.31. The minimum Gasteiger partial charge on any atom is -0.356 e. The summed E-state index contributed by atoms with van der Waals surface area (Å²) in [6.07, 6.45) is 9.78. The first-order chi connectivity index (χ1) is 9.66. The Hall–Kier alpha value is -0.570. The predicted molar refractivity (Wildman–Crippen MR) is 83.6 cm³/mol. The van der Waals surface area contributed by atoms with Gasteiger partial charge in [-0.25, -0.2) is 0 Å². The molecular weight excluding hydrogens is 248 g/mol. The summed E-state index contributed by atoms with van der Waals surface area (Å²) < 4.78 is 0. The number of hydrogen-bond acceptors (Lipinski definition) is 2. The maximum Gasteiger partial charge on any atom is 0.227 e. The summed E-state index contributed by atoms with van der Waals surface area (Å²) in [5.74, 6) is 2.01. The van der Waals surface area contributed by atoms with E-state index < -0.39 is 0 Å². The van der Waals surface area contributed by atoms with Gasteiger partial charge in [-0.1, -0.05) is 33.1 Å². The van der Waals surface area contributed by atoms with Crippen LogP contribution in [0.5, 0.6) is 0 Å². The van der Waals surface area contributed by atoms with Gasteiger partial charge in [-0.05, 0) is 50.5 Å². The van der Waals surface area contributed by atoms with Gasteiger partial charge in [0, 0.05) is 13.1 Å². The van der Waals surface area contributed by atoms with Crippen LogP contribution in [0.2, 0.25) is 0 Å². The van der Waals surface area contributed by atoms with Crippen LogP contribution < -0.4 is 10.6 Å². The molecule has 3 atom stereocenters. The summed E-state index contributed by atoms with van der Waals surface area (Å²) >= 11 is 0. The van der Waals surface area contributed by atoms with Crippen LogP contribution in [0.3, 0.4) is 0 Å². The van der Waals surface area contributed by atoms with E-state index in [1.54, 1.807) is 0 Å². The van der Waals surface area contributed by atoms with Gasteiger partial charge in [0.05, 0.1) is 5.41 Å². The summed E-state index contributed by atoms with van der Waals surface area (Å²) in [4.78, 5) is 12.5. The highest BCUT2D eigenvalue weighted by atomic mass is 16.2. The van der Waals surface area contributed by atoms with E-state index in [1.165, 1.54) is 32.1 Å². The predicted octanol–water partition coefficient (Wildman–Crippen LogP) is 3.10. The van der Waals surface area contributed by atoms with E-state index in [0.29, 0.717) is 0 Å². The first kappa shape index (κ1) is 15.8. The van der Waals surface area contributed by atoms with E-state index in [4.69, 9.17) is 0 Å². The molecule has 0 aromatic rings. The molecule has 1 saturated heterocycles. The zero-order chi connectivity index (χ0) is 14.4. The Balaban J connectivity index is 1.73. The maximum atomic E-state index is 12.5. The molecule has 1 saturated carbocycles. The average molecular weight is 280 g/mol.